The summed E-state index contributed by atoms with van der Waals surface area (Å²) in [7, 11) is 0. The van der Waals surface area contributed by atoms with Gasteiger partial charge in [0.25, 0.3) is 3.25 Å². The third-order valence-electron chi connectivity index (χ3n) is 3.16. The summed E-state index contributed by atoms with van der Waals surface area (Å²) in [6.45, 7) is 5.09. The van der Waals surface area contributed by atoms with Crippen molar-refractivity contribution in [1.29, 1.82) is 0 Å². The molecule has 0 fully saturated rings. The second kappa shape index (κ2) is 13.6. The van der Waals surface area contributed by atoms with Gasteiger partial charge in [0.2, 0.25) is 0 Å². The quantitative estimate of drug-likeness (QED) is 0.244. The van der Waals surface area contributed by atoms with Gasteiger partial charge in [0, 0.05) is 25.4 Å². The lowest BCUT2D eigenvalue weighted by Gasteiger charge is -2.03. The Morgan fingerprint density at radius 1 is 0.857 bits per heavy atom. The zero-order valence-electron chi connectivity index (χ0n) is 15.1. The van der Waals surface area contributed by atoms with Gasteiger partial charge in [-0.05, 0) is 62.2 Å². The molecule has 0 amide bonds. The molecule has 0 spiro atoms. The lowest BCUT2D eigenvalue weighted by Crippen LogP contribution is -1.97. The Bertz CT molecular complexity index is 815. The van der Waals surface area contributed by atoms with Crippen molar-refractivity contribution in [2.75, 3.05) is 0 Å². The Balaban J connectivity index is 0.000000424. The largest absolute Gasteiger partial charge is 0.295 e. The van der Waals surface area contributed by atoms with Crippen molar-refractivity contribution < 1.29 is 9.59 Å². The Hall–Kier alpha value is 0.380. The van der Waals surface area contributed by atoms with Crippen LogP contribution in [-0.2, 0) is 5.33 Å². The molecule has 0 aliphatic carbocycles. The third kappa shape index (κ3) is 12.8. The standard InChI is InChI=1S/C9H8Br2O.C9H9BrO.CCl4/c1-6(12)9-3-2-8(11)4-7(9)5-10;1-6-5-8(10)3-4-9(6)7(2)11;2-1(3,4)5/h2-4H,5H2,1H3;3-5H,1-2H3;. The fourth-order valence-corrected chi connectivity index (χ4v) is 3.39. The maximum Gasteiger partial charge on any atom is 0.266 e. The first-order valence-electron chi connectivity index (χ1n) is 7.64. The fourth-order valence-electron chi connectivity index (χ4n) is 2.04. The van der Waals surface area contributed by atoms with E-state index in [-0.39, 0.29) is 11.6 Å². The number of carbonyl (C=O) groups excluding carboxylic acids is 2. The van der Waals surface area contributed by atoms with Crippen LogP contribution >= 0.6 is 94.2 Å². The molecule has 0 aliphatic rings. The minimum Gasteiger partial charge on any atom is -0.295 e. The van der Waals surface area contributed by atoms with Gasteiger partial charge in [-0.15, -0.1) is 0 Å². The van der Waals surface area contributed by atoms with Crippen molar-refractivity contribution in [3.8, 4) is 0 Å². The fraction of sp³-hybridized carbons (Fsp3) is 0.263. The first-order valence-corrected chi connectivity index (χ1v) is 11.9. The molecule has 0 N–H and O–H groups in total. The molecule has 0 saturated heterocycles. The van der Waals surface area contributed by atoms with Gasteiger partial charge < -0.3 is 0 Å². The lowest BCUT2D eigenvalue weighted by atomic mass is 10.1. The average molecular weight is 659 g/mol. The Kier molecular flexibility index (Phi) is 13.8. The first-order chi connectivity index (χ1) is 12.8. The molecule has 0 aliphatic heterocycles. The highest BCUT2D eigenvalue weighted by Gasteiger charge is 2.11. The summed E-state index contributed by atoms with van der Waals surface area (Å²) in [5.74, 6) is 0.229. The van der Waals surface area contributed by atoms with Crippen LogP contribution < -0.4 is 0 Å². The van der Waals surface area contributed by atoms with Crippen LogP contribution in [0.4, 0.5) is 0 Å². The molecule has 2 rings (SSSR count). The molecular formula is C19H17Br3Cl4O2. The van der Waals surface area contributed by atoms with Crippen LogP contribution in [-0.4, -0.2) is 14.8 Å². The third-order valence-corrected chi connectivity index (χ3v) is 4.75. The Morgan fingerprint density at radius 2 is 1.25 bits per heavy atom. The van der Waals surface area contributed by atoms with Crippen LogP contribution in [0.1, 0.15) is 45.7 Å². The maximum absolute atomic E-state index is 11.1. The number of ketones is 2. The molecule has 2 aromatic rings. The number of alkyl halides is 5. The van der Waals surface area contributed by atoms with Crippen LogP contribution in [0.25, 0.3) is 0 Å². The molecule has 0 bridgehead atoms. The van der Waals surface area contributed by atoms with E-state index >= 15 is 0 Å². The molecular weight excluding hydrogens is 642 g/mol. The summed E-state index contributed by atoms with van der Waals surface area (Å²) in [6, 6.07) is 11.3. The minimum absolute atomic E-state index is 0.108. The van der Waals surface area contributed by atoms with E-state index in [1.807, 2.05) is 43.3 Å². The van der Waals surface area contributed by atoms with E-state index < -0.39 is 3.25 Å². The van der Waals surface area contributed by atoms with Crippen LogP contribution in [0, 0.1) is 6.92 Å². The van der Waals surface area contributed by atoms with E-state index in [9.17, 15) is 9.59 Å². The number of Topliss-reactive ketones (excluding diaryl/α,β-unsaturated/α-hetero) is 2. The van der Waals surface area contributed by atoms with Crippen LogP contribution in [0.5, 0.6) is 0 Å². The summed E-state index contributed by atoms with van der Waals surface area (Å²) in [5.41, 5.74) is 3.63. The van der Waals surface area contributed by atoms with Gasteiger partial charge in [-0.2, -0.15) is 0 Å². The summed E-state index contributed by atoms with van der Waals surface area (Å²) >= 11 is 29.3. The highest BCUT2D eigenvalue weighted by Crippen LogP contribution is 2.29. The normalized spacial score (nSPS) is 10.2. The molecule has 28 heavy (non-hydrogen) atoms. The smallest absolute Gasteiger partial charge is 0.266 e. The second-order valence-electron chi connectivity index (χ2n) is 5.44. The van der Waals surface area contributed by atoms with E-state index in [1.54, 1.807) is 13.8 Å². The number of rotatable bonds is 3. The van der Waals surface area contributed by atoms with Gasteiger partial charge in [-0.3, -0.25) is 9.59 Å². The zero-order chi connectivity index (χ0) is 22.1. The summed E-state index contributed by atoms with van der Waals surface area (Å²) < 4.78 is 0.405. The highest BCUT2D eigenvalue weighted by molar-refractivity contribution is 9.10. The predicted octanol–water partition coefficient (Wildman–Crippen LogP) is 9.06. The van der Waals surface area contributed by atoms with Crippen molar-refractivity contribution in [1.82, 2.24) is 0 Å². The number of carbonyl (C=O) groups is 2. The van der Waals surface area contributed by atoms with Crippen molar-refractivity contribution in [2.45, 2.75) is 29.4 Å². The lowest BCUT2D eigenvalue weighted by molar-refractivity contribution is 0.100. The van der Waals surface area contributed by atoms with Crippen molar-refractivity contribution >= 4 is 106 Å². The van der Waals surface area contributed by atoms with Gasteiger partial charge in [0.05, 0.1) is 0 Å². The number of benzene rings is 2. The number of hydrogen-bond donors (Lipinski definition) is 0. The topological polar surface area (TPSA) is 34.1 Å². The molecule has 0 heterocycles. The maximum atomic E-state index is 11.1. The van der Waals surface area contributed by atoms with Gasteiger partial charge in [-0.25, -0.2) is 0 Å². The molecule has 154 valence electrons. The van der Waals surface area contributed by atoms with Gasteiger partial charge in [0.15, 0.2) is 11.6 Å². The summed E-state index contributed by atoms with van der Waals surface area (Å²) in [6.07, 6.45) is 0. The highest BCUT2D eigenvalue weighted by atomic mass is 79.9. The molecule has 0 unspecified atom stereocenters. The molecule has 0 radical (unpaired) electrons. The molecule has 0 saturated carbocycles. The number of aryl methyl sites for hydroxylation is 1. The van der Waals surface area contributed by atoms with E-state index in [2.05, 4.69) is 47.8 Å². The van der Waals surface area contributed by atoms with Crippen molar-refractivity contribution in [3.63, 3.8) is 0 Å². The average Bonchev–Trinajstić information content (AvgIpc) is 2.53. The SMILES string of the molecule is CC(=O)c1ccc(Br)cc1C.CC(=O)c1ccc(Br)cc1CBr.ClC(Cl)(Cl)Cl. The summed E-state index contributed by atoms with van der Waals surface area (Å²) in [4.78, 5) is 22.1. The Labute approximate surface area is 210 Å². The van der Waals surface area contributed by atoms with E-state index in [4.69, 9.17) is 46.4 Å². The van der Waals surface area contributed by atoms with Crippen molar-refractivity contribution in [2.24, 2.45) is 0 Å². The Morgan fingerprint density at radius 3 is 1.61 bits per heavy atom. The molecule has 0 atom stereocenters. The monoisotopic (exact) mass is 654 g/mol. The first kappa shape index (κ1) is 28.4. The van der Waals surface area contributed by atoms with E-state index in [0.29, 0.717) is 5.33 Å². The van der Waals surface area contributed by atoms with Crippen LogP contribution in [0.3, 0.4) is 0 Å². The van der Waals surface area contributed by atoms with Gasteiger partial charge in [0.1, 0.15) is 0 Å². The molecule has 2 nitrogen and oxygen atoms in total. The zero-order valence-corrected chi connectivity index (χ0v) is 22.9. The van der Waals surface area contributed by atoms with Gasteiger partial charge in [-0.1, -0.05) is 100 Å². The number of halogens is 7. The van der Waals surface area contributed by atoms with Crippen molar-refractivity contribution in [3.05, 3.63) is 67.6 Å². The van der Waals surface area contributed by atoms with E-state index in [1.165, 1.54) is 0 Å². The predicted molar refractivity (Wildman–Crippen MR) is 132 cm³/mol. The van der Waals surface area contributed by atoms with Crippen LogP contribution in [0.2, 0.25) is 0 Å². The second-order valence-corrected chi connectivity index (χ2v) is 11.3. The van der Waals surface area contributed by atoms with Crippen LogP contribution in [0.15, 0.2) is 45.3 Å². The number of hydrogen-bond acceptors (Lipinski definition) is 2. The molecule has 2 aromatic carbocycles. The van der Waals surface area contributed by atoms with Gasteiger partial charge >= 0.3 is 0 Å². The summed E-state index contributed by atoms with van der Waals surface area (Å²) in [5, 5.41) is 0.710. The minimum atomic E-state index is -1.61. The molecule has 0 aromatic heterocycles. The van der Waals surface area contributed by atoms with E-state index in [0.717, 1.165) is 31.2 Å². The molecule has 9 heteroatoms.